The van der Waals surface area contributed by atoms with Crippen LogP contribution in [-0.2, 0) is 16.1 Å². The van der Waals surface area contributed by atoms with Crippen molar-refractivity contribution < 1.29 is 23.8 Å². The van der Waals surface area contributed by atoms with Crippen LogP contribution in [0, 0.1) is 5.41 Å². The van der Waals surface area contributed by atoms with E-state index in [9.17, 15) is 9.59 Å². The Hall–Kier alpha value is -4.63. The van der Waals surface area contributed by atoms with E-state index in [-0.39, 0.29) is 11.8 Å². The van der Waals surface area contributed by atoms with Crippen LogP contribution in [0.2, 0.25) is 0 Å². The van der Waals surface area contributed by atoms with E-state index in [0.29, 0.717) is 47.0 Å². The second-order valence-corrected chi connectivity index (χ2v) is 11.2. The molecule has 1 aliphatic heterocycles. The number of fused-ring (bicyclic) bond motifs is 1. The highest BCUT2D eigenvalue weighted by Gasteiger charge is 2.56. The van der Waals surface area contributed by atoms with Crippen molar-refractivity contribution in [2.24, 2.45) is 5.41 Å². The molecular weight excluding hydrogens is 544 g/mol. The van der Waals surface area contributed by atoms with Crippen LogP contribution in [0.15, 0.2) is 72.9 Å². The Morgan fingerprint density at radius 2 is 1.51 bits per heavy atom. The monoisotopic (exact) mass is 580 g/mol. The summed E-state index contributed by atoms with van der Waals surface area (Å²) in [6.45, 7) is 3.09. The number of nitrogens with zero attached hydrogens (tertiary/aromatic N) is 2. The number of anilines is 2. The zero-order chi connectivity index (χ0) is 29.8. The molecule has 6 rings (SSSR count). The number of ether oxygens (including phenoxy) is 3. The average Bonchev–Trinajstić information content (AvgIpc) is 3.85. The van der Waals surface area contributed by atoms with E-state index in [4.69, 9.17) is 14.2 Å². The molecule has 3 aromatic carbocycles. The maximum absolute atomic E-state index is 13.3. The van der Waals surface area contributed by atoms with Gasteiger partial charge in [0.25, 0.3) is 0 Å². The van der Waals surface area contributed by atoms with Gasteiger partial charge in [-0.2, -0.15) is 0 Å². The number of pyridine rings is 1. The number of hydrogen-bond donors (Lipinski definition) is 2. The third-order valence-corrected chi connectivity index (χ3v) is 8.21. The summed E-state index contributed by atoms with van der Waals surface area (Å²) in [5.74, 6) is 1.79. The van der Waals surface area contributed by atoms with Gasteiger partial charge in [-0.05, 0) is 92.9 Å². The maximum Gasteiger partial charge on any atom is 0.240 e. The summed E-state index contributed by atoms with van der Waals surface area (Å²) in [7, 11) is 3.16. The number of methoxy groups -OCH3 is 2. The fourth-order valence-electron chi connectivity index (χ4n) is 5.58. The smallest absolute Gasteiger partial charge is 0.240 e. The van der Waals surface area contributed by atoms with Crippen LogP contribution < -0.4 is 24.8 Å². The summed E-state index contributed by atoms with van der Waals surface area (Å²) in [5, 5.41) is 6.69. The van der Waals surface area contributed by atoms with E-state index >= 15 is 0 Å². The molecule has 0 spiro atoms. The van der Waals surface area contributed by atoms with Gasteiger partial charge in [0.1, 0.15) is 16.9 Å². The van der Waals surface area contributed by atoms with Crippen LogP contribution >= 0.6 is 0 Å². The first-order valence-electron chi connectivity index (χ1n) is 14.7. The number of piperidine rings is 1. The molecule has 2 aliphatic rings. The van der Waals surface area contributed by atoms with Crippen LogP contribution in [0.25, 0.3) is 10.9 Å². The molecule has 1 saturated heterocycles. The highest BCUT2D eigenvalue weighted by Crippen LogP contribution is 2.47. The molecule has 9 nitrogen and oxygen atoms in total. The molecule has 2 fully saturated rings. The van der Waals surface area contributed by atoms with E-state index in [2.05, 4.69) is 26.6 Å². The van der Waals surface area contributed by atoms with Crippen molar-refractivity contribution in [2.45, 2.75) is 38.6 Å². The van der Waals surface area contributed by atoms with Gasteiger partial charge in [0.15, 0.2) is 11.5 Å². The van der Waals surface area contributed by atoms with Gasteiger partial charge < -0.3 is 24.8 Å². The summed E-state index contributed by atoms with van der Waals surface area (Å²) in [6, 6.07) is 20.4. The first-order valence-corrected chi connectivity index (χ1v) is 14.7. The van der Waals surface area contributed by atoms with E-state index in [1.807, 2.05) is 24.3 Å². The molecule has 1 aromatic heterocycles. The molecule has 0 atom stereocenters. The van der Waals surface area contributed by atoms with Crippen molar-refractivity contribution in [1.82, 2.24) is 9.88 Å². The van der Waals surface area contributed by atoms with Gasteiger partial charge in [-0.25, -0.2) is 0 Å². The Morgan fingerprint density at radius 1 is 0.814 bits per heavy atom. The van der Waals surface area contributed by atoms with Crippen LogP contribution in [-0.4, -0.2) is 49.0 Å². The standard InChI is InChI=1S/C34H36N4O5/c1-41-30-20-27-28(21-31(30)42-2)35-16-13-29(27)43-26-11-9-24(10-12-26)36-32(39)34(14-15-34)33(40)37-25-8-6-7-23(19-25)22-38-17-4-3-5-18-38/h6-13,16,19-21H,3-5,14-15,17-18,22H2,1-2H3,(H,36,39)(H,37,40). The summed E-state index contributed by atoms with van der Waals surface area (Å²) in [5.41, 5.74) is 2.12. The van der Waals surface area contributed by atoms with Gasteiger partial charge in [-0.1, -0.05) is 18.6 Å². The number of carbonyl (C=O) groups excluding carboxylic acids is 2. The number of nitrogens with one attached hydrogen (secondary N) is 2. The maximum atomic E-state index is 13.3. The third kappa shape index (κ3) is 6.27. The molecule has 4 aromatic rings. The van der Waals surface area contributed by atoms with Gasteiger partial charge in [-0.15, -0.1) is 0 Å². The Balaban J connectivity index is 1.09. The molecule has 0 radical (unpaired) electrons. The lowest BCUT2D eigenvalue weighted by atomic mass is 10.0. The van der Waals surface area contributed by atoms with Gasteiger partial charge in [0.2, 0.25) is 11.8 Å². The number of benzene rings is 3. The quantitative estimate of drug-likeness (QED) is 0.210. The largest absolute Gasteiger partial charge is 0.493 e. The fraction of sp³-hybridized carbons (Fsp3) is 0.324. The molecule has 1 aliphatic carbocycles. The number of rotatable bonds is 10. The van der Waals surface area contributed by atoms with Crippen LogP contribution in [0.3, 0.4) is 0 Å². The molecule has 1 saturated carbocycles. The Bertz CT molecular complexity index is 1630. The summed E-state index contributed by atoms with van der Waals surface area (Å²) < 4.78 is 17.0. The van der Waals surface area contributed by atoms with E-state index in [1.54, 1.807) is 56.8 Å². The molecular formula is C34H36N4O5. The molecule has 2 N–H and O–H groups in total. The topological polar surface area (TPSA) is 102 Å². The minimum atomic E-state index is -1.06. The van der Waals surface area contributed by atoms with Crippen molar-refractivity contribution in [1.29, 1.82) is 0 Å². The lowest BCUT2D eigenvalue weighted by Crippen LogP contribution is -2.35. The number of hydrogen-bond acceptors (Lipinski definition) is 7. The summed E-state index contributed by atoms with van der Waals surface area (Å²) in [6.07, 6.45) is 6.47. The van der Waals surface area contributed by atoms with Gasteiger partial charge >= 0.3 is 0 Å². The molecule has 0 unspecified atom stereocenters. The highest BCUT2D eigenvalue weighted by molar-refractivity contribution is 6.16. The van der Waals surface area contributed by atoms with E-state index in [0.717, 1.165) is 36.3 Å². The van der Waals surface area contributed by atoms with Crippen LogP contribution in [0.5, 0.6) is 23.0 Å². The van der Waals surface area contributed by atoms with Crippen LogP contribution in [0.4, 0.5) is 11.4 Å². The van der Waals surface area contributed by atoms with E-state index < -0.39 is 5.41 Å². The second-order valence-electron chi connectivity index (χ2n) is 11.2. The van der Waals surface area contributed by atoms with Crippen molar-refractivity contribution in [3.05, 3.63) is 78.5 Å². The van der Waals surface area contributed by atoms with Crippen molar-refractivity contribution >= 4 is 34.1 Å². The Morgan fingerprint density at radius 3 is 2.21 bits per heavy atom. The fourth-order valence-corrected chi connectivity index (χ4v) is 5.58. The molecule has 2 heterocycles. The first-order chi connectivity index (χ1) is 21.0. The summed E-state index contributed by atoms with van der Waals surface area (Å²) in [4.78, 5) is 33.4. The molecule has 2 amide bonds. The zero-order valence-corrected chi connectivity index (χ0v) is 24.5. The predicted molar refractivity (Wildman–Crippen MR) is 166 cm³/mol. The number of aromatic nitrogens is 1. The third-order valence-electron chi connectivity index (χ3n) is 8.21. The van der Waals surface area contributed by atoms with Crippen molar-refractivity contribution in [2.75, 3.05) is 37.9 Å². The minimum absolute atomic E-state index is 0.267. The minimum Gasteiger partial charge on any atom is -0.493 e. The second kappa shape index (κ2) is 12.3. The summed E-state index contributed by atoms with van der Waals surface area (Å²) >= 11 is 0. The lowest BCUT2D eigenvalue weighted by molar-refractivity contribution is -0.131. The van der Waals surface area contributed by atoms with Gasteiger partial charge in [-0.3, -0.25) is 19.5 Å². The van der Waals surface area contributed by atoms with Gasteiger partial charge in [0, 0.05) is 35.6 Å². The van der Waals surface area contributed by atoms with Crippen LogP contribution in [0.1, 0.15) is 37.7 Å². The predicted octanol–water partition coefficient (Wildman–Crippen LogP) is 6.39. The molecule has 43 heavy (non-hydrogen) atoms. The molecule has 222 valence electrons. The Labute approximate surface area is 251 Å². The number of likely N-dealkylation sites (tertiary alicyclic amines) is 1. The molecule has 0 bridgehead atoms. The van der Waals surface area contributed by atoms with Gasteiger partial charge in [0.05, 0.1) is 19.7 Å². The molecule has 9 heteroatoms. The number of amides is 2. The highest BCUT2D eigenvalue weighted by atomic mass is 16.5. The van der Waals surface area contributed by atoms with E-state index in [1.165, 1.54) is 19.3 Å². The average molecular weight is 581 g/mol. The number of carbonyl (C=O) groups is 2. The zero-order valence-electron chi connectivity index (χ0n) is 24.5. The SMILES string of the molecule is COc1cc2nccc(Oc3ccc(NC(=O)C4(C(=O)Nc5cccc(CN6CCCCC6)c5)CC4)cc3)c2cc1OC. The normalized spacial score (nSPS) is 15.9. The Kier molecular flexibility index (Phi) is 8.16. The lowest BCUT2D eigenvalue weighted by Gasteiger charge is -2.26. The van der Waals surface area contributed by atoms with Crippen molar-refractivity contribution in [3.63, 3.8) is 0 Å². The van der Waals surface area contributed by atoms with Crippen molar-refractivity contribution in [3.8, 4) is 23.0 Å². The first kappa shape index (κ1) is 28.5.